The minimum Gasteiger partial charge on any atom is -0.347 e. The third kappa shape index (κ3) is 3.68. The van der Waals surface area contributed by atoms with Crippen molar-refractivity contribution in [2.24, 2.45) is 0 Å². The largest absolute Gasteiger partial charge is 0.347 e. The molecule has 1 amide bonds. The summed E-state index contributed by atoms with van der Waals surface area (Å²) in [5.41, 5.74) is 0.810. The standard InChI is InChI=1S/C17H17N5O5/c1-12-6-7-18-16(15(12)22(26)27)19-8-10-20(11-9-19)17(23)13-2-4-14(5-3-13)21(24)25/h2-7H,8-11H2,1H3. The molecule has 1 fully saturated rings. The molecule has 3 rings (SSSR count). The van der Waals surface area contributed by atoms with Gasteiger partial charge in [-0.05, 0) is 25.1 Å². The number of benzene rings is 1. The molecule has 0 atom stereocenters. The highest BCUT2D eigenvalue weighted by molar-refractivity contribution is 5.94. The van der Waals surface area contributed by atoms with Crippen LogP contribution in [0.25, 0.3) is 0 Å². The van der Waals surface area contributed by atoms with Crippen LogP contribution < -0.4 is 4.90 Å². The molecule has 1 aromatic heterocycles. The molecule has 140 valence electrons. The third-order valence-electron chi connectivity index (χ3n) is 4.48. The number of carbonyl (C=O) groups excluding carboxylic acids is 1. The number of non-ortho nitro benzene ring substituents is 1. The molecule has 1 saturated heterocycles. The van der Waals surface area contributed by atoms with Gasteiger partial charge in [-0.1, -0.05) is 0 Å². The van der Waals surface area contributed by atoms with Gasteiger partial charge in [-0.25, -0.2) is 4.98 Å². The van der Waals surface area contributed by atoms with Crippen LogP contribution in [0.5, 0.6) is 0 Å². The number of pyridine rings is 1. The van der Waals surface area contributed by atoms with Gasteiger partial charge >= 0.3 is 5.69 Å². The minimum absolute atomic E-state index is 0.0207. The Morgan fingerprint density at radius 3 is 2.19 bits per heavy atom. The molecule has 0 spiro atoms. The molecule has 0 bridgehead atoms. The first kappa shape index (κ1) is 18.2. The number of amides is 1. The predicted octanol–water partition coefficient (Wildman–Crippen LogP) is 2.17. The lowest BCUT2D eigenvalue weighted by atomic mass is 10.1. The number of nitro groups is 2. The topological polar surface area (TPSA) is 123 Å². The summed E-state index contributed by atoms with van der Waals surface area (Å²) in [6, 6.07) is 7.04. The average molecular weight is 371 g/mol. The van der Waals surface area contributed by atoms with E-state index in [9.17, 15) is 25.0 Å². The van der Waals surface area contributed by atoms with E-state index >= 15 is 0 Å². The van der Waals surface area contributed by atoms with Crippen LogP contribution in [0.3, 0.4) is 0 Å². The Labute approximate surface area is 154 Å². The van der Waals surface area contributed by atoms with Crippen molar-refractivity contribution < 1.29 is 14.6 Å². The van der Waals surface area contributed by atoms with Crippen LogP contribution in [0.15, 0.2) is 36.5 Å². The fourth-order valence-electron chi connectivity index (χ4n) is 3.02. The lowest BCUT2D eigenvalue weighted by molar-refractivity contribution is -0.385. The van der Waals surface area contributed by atoms with E-state index in [1.54, 1.807) is 22.8 Å². The van der Waals surface area contributed by atoms with Crippen LogP contribution in [0.4, 0.5) is 17.2 Å². The van der Waals surface area contributed by atoms with Crippen molar-refractivity contribution in [1.29, 1.82) is 0 Å². The highest BCUT2D eigenvalue weighted by Gasteiger charge is 2.28. The van der Waals surface area contributed by atoms with Gasteiger partial charge in [-0.2, -0.15) is 0 Å². The van der Waals surface area contributed by atoms with Crippen LogP contribution in [-0.4, -0.2) is 51.8 Å². The van der Waals surface area contributed by atoms with Crippen molar-refractivity contribution in [2.75, 3.05) is 31.1 Å². The zero-order valence-electron chi connectivity index (χ0n) is 14.6. The fourth-order valence-corrected chi connectivity index (χ4v) is 3.02. The van der Waals surface area contributed by atoms with E-state index < -0.39 is 9.85 Å². The number of nitrogens with zero attached hydrogens (tertiary/aromatic N) is 5. The Bertz CT molecular complexity index is 891. The van der Waals surface area contributed by atoms with Gasteiger partial charge in [0.1, 0.15) is 0 Å². The maximum Gasteiger partial charge on any atom is 0.314 e. The zero-order valence-corrected chi connectivity index (χ0v) is 14.6. The molecule has 0 N–H and O–H groups in total. The van der Waals surface area contributed by atoms with Crippen molar-refractivity contribution in [1.82, 2.24) is 9.88 Å². The monoisotopic (exact) mass is 371 g/mol. The van der Waals surface area contributed by atoms with Crippen LogP contribution >= 0.6 is 0 Å². The Balaban J connectivity index is 1.70. The second kappa shape index (κ2) is 7.36. The van der Waals surface area contributed by atoms with Crippen molar-refractivity contribution in [2.45, 2.75) is 6.92 Å². The Kier molecular flexibility index (Phi) is 4.97. The molecule has 10 heteroatoms. The summed E-state index contributed by atoms with van der Waals surface area (Å²) in [5, 5.41) is 22.0. The maximum absolute atomic E-state index is 12.6. The quantitative estimate of drug-likeness (QED) is 0.596. The van der Waals surface area contributed by atoms with Crippen LogP contribution in [0.2, 0.25) is 0 Å². The van der Waals surface area contributed by atoms with Gasteiger partial charge in [0, 0.05) is 55.6 Å². The first-order valence-electron chi connectivity index (χ1n) is 8.27. The molecule has 2 aromatic rings. The molecule has 1 aromatic carbocycles. The number of nitro benzene ring substituents is 1. The molecular weight excluding hydrogens is 354 g/mol. The summed E-state index contributed by atoms with van der Waals surface area (Å²) in [5.74, 6) is 0.0821. The number of carbonyl (C=O) groups is 1. The molecule has 27 heavy (non-hydrogen) atoms. The average Bonchev–Trinajstić information content (AvgIpc) is 2.67. The number of aryl methyl sites for hydroxylation is 1. The smallest absolute Gasteiger partial charge is 0.314 e. The Morgan fingerprint density at radius 1 is 1.00 bits per heavy atom. The van der Waals surface area contributed by atoms with Crippen LogP contribution in [-0.2, 0) is 0 Å². The predicted molar refractivity (Wildman–Crippen MR) is 96.8 cm³/mol. The Morgan fingerprint density at radius 2 is 1.63 bits per heavy atom. The molecule has 2 heterocycles. The summed E-state index contributed by atoms with van der Waals surface area (Å²) in [4.78, 5) is 41.2. The normalized spacial score (nSPS) is 14.1. The maximum atomic E-state index is 12.6. The lowest BCUT2D eigenvalue weighted by Gasteiger charge is -2.35. The summed E-state index contributed by atoms with van der Waals surface area (Å²) in [7, 11) is 0. The van der Waals surface area contributed by atoms with Crippen molar-refractivity contribution in [3.05, 3.63) is 67.9 Å². The van der Waals surface area contributed by atoms with Gasteiger partial charge in [-0.3, -0.25) is 25.0 Å². The van der Waals surface area contributed by atoms with E-state index in [0.29, 0.717) is 43.1 Å². The Hall–Kier alpha value is -3.56. The van der Waals surface area contributed by atoms with Gasteiger partial charge < -0.3 is 9.80 Å². The highest BCUT2D eigenvalue weighted by Crippen LogP contribution is 2.29. The zero-order chi connectivity index (χ0) is 19.6. The number of aromatic nitrogens is 1. The lowest BCUT2D eigenvalue weighted by Crippen LogP contribution is -2.49. The first-order chi connectivity index (χ1) is 12.9. The van der Waals surface area contributed by atoms with Gasteiger partial charge in [0.05, 0.1) is 9.85 Å². The molecule has 0 aliphatic carbocycles. The second-order valence-electron chi connectivity index (χ2n) is 6.14. The summed E-state index contributed by atoms with van der Waals surface area (Å²) < 4.78 is 0. The second-order valence-corrected chi connectivity index (χ2v) is 6.14. The van der Waals surface area contributed by atoms with E-state index in [0.717, 1.165) is 0 Å². The summed E-state index contributed by atoms with van der Waals surface area (Å²) >= 11 is 0. The van der Waals surface area contributed by atoms with E-state index in [4.69, 9.17) is 0 Å². The SMILES string of the molecule is Cc1ccnc(N2CCN(C(=O)c3ccc([N+](=O)[O-])cc3)CC2)c1[N+](=O)[O-]. The van der Waals surface area contributed by atoms with Gasteiger partial charge in [0.25, 0.3) is 11.6 Å². The molecule has 0 unspecified atom stereocenters. The van der Waals surface area contributed by atoms with Gasteiger partial charge in [0.2, 0.25) is 5.82 Å². The number of hydrogen-bond donors (Lipinski definition) is 0. The molecule has 1 aliphatic rings. The number of piperazine rings is 1. The van der Waals surface area contributed by atoms with E-state index in [1.165, 1.54) is 30.5 Å². The van der Waals surface area contributed by atoms with E-state index in [1.807, 2.05) is 0 Å². The van der Waals surface area contributed by atoms with E-state index in [-0.39, 0.29) is 17.3 Å². The number of hydrogen-bond acceptors (Lipinski definition) is 7. The van der Waals surface area contributed by atoms with Gasteiger partial charge in [0.15, 0.2) is 0 Å². The van der Waals surface area contributed by atoms with Crippen LogP contribution in [0, 0.1) is 27.2 Å². The van der Waals surface area contributed by atoms with Crippen molar-refractivity contribution in [3.8, 4) is 0 Å². The molecule has 10 nitrogen and oxygen atoms in total. The number of anilines is 1. The van der Waals surface area contributed by atoms with Gasteiger partial charge in [-0.15, -0.1) is 0 Å². The molecule has 0 saturated carbocycles. The third-order valence-corrected chi connectivity index (χ3v) is 4.48. The first-order valence-corrected chi connectivity index (χ1v) is 8.27. The summed E-state index contributed by atoms with van der Waals surface area (Å²) in [6.07, 6.45) is 1.53. The molecule has 1 aliphatic heterocycles. The molecular formula is C17H17N5O5. The van der Waals surface area contributed by atoms with Crippen molar-refractivity contribution >= 4 is 23.1 Å². The van der Waals surface area contributed by atoms with Crippen LogP contribution in [0.1, 0.15) is 15.9 Å². The molecule has 0 radical (unpaired) electrons. The minimum atomic E-state index is -0.519. The summed E-state index contributed by atoms with van der Waals surface area (Å²) in [6.45, 7) is 3.24. The fraction of sp³-hybridized carbons (Fsp3) is 0.294. The number of rotatable bonds is 4. The van der Waals surface area contributed by atoms with Crippen molar-refractivity contribution in [3.63, 3.8) is 0 Å². The highest BCUT2D eigenvalue weighted by atomic mass is 16.6. The van der Waals surface area contributed by atoms with E-state index in [2.05, 4.69) is 4.98 Å².